The van der Waals surface area contributed by atoms with Crippen molar-refractivity contribution in [2.75, 3.05) is 0 Å². The molecular weight excluding hydrogens is 202 g/mol. The molecule has 0 aliphatic heterocycles. The van der Waals surface area contributed by atoms with E-state index in [1.807, 2.05) is 0 Å². The van der Waals surface area contributed by atoms with Crippen LogP contribution in [0.3, 0.4) is 0 Å². The first-order chi connectivity index (χ1) is 7.44. The number of carboxylic acid groups (broad SMARTS) is 1. The normalized spacial score (nSPS) is 34.4. The third kappa shape index (κ3) is 2.24. The first-order valence-electron chi connectivity index (χ1n) is 6.45. The van der Waals surface area contributed by atoms with E-state index in [1.165, 1.54) is 12.8 Å². The summed E-state index contributed by atoms with van der Waals surface area (Å²) >= 11 is 0. The van der Waals surface area contributed by atoms with Crippen LogP contribution < -0.4 is 5.32 Å². The van der Waals surface area contributed by atoms with Crippen LogP contribution in [-0.4, -0.2) is 22.7 Å². The molecule has 0 heterocycles. The zero-order chi connectivity index (χ0) is 11.8. The minimum atomic E-state index is -0.648. The van der Waals surface area contributed by atoms with Gasteiger partial charge < -0.3 is 5.11 Å². The van der Waals surface area contributed by atoms with E-state index in [0.717, 1.165) is 32.1 Å². The maximum Gasteiger partial charge on any atom is 0.323 e. The molecule has 3 nitrogen and oxygen atoms in total. The molecule has 2 saturated carbocycles. The van der Waals surface area contributed by atoms with Crippen LogP contribution in [0.15, 0.2) is 0 Å². The van der Waals surface area contributed by atoms with Crippen molar-refractivity contribution in [1.29, 1.82) is 0 Å². The Balaban J connectivity index is 2.08. The first-order valence-corrected chi connectivity index (χ1v) is 6.45. The van der Waals surface area contributed by atoms with Crippen LogP contribution in [0.5, 0.6) is 0 Å². The highest BCUT2D eigenvalue weighted by molar-refractivity contribution is 5.79. The van der Waals surface area contributed by atoms with Crippen LogP contribution in [0.4, 0.5) is 0 Å². The molecule has 2 rings (SSSR count). The van der Waals surface area contributed by atoms with E-state index >= 15 is 0 Å². The third-order valence-electron chi connectivity index (χ3n) is 4.25. The molecule has 2 N–H and O–H groups in total. The van der Waals surface area contributed by atoms with Crippen molar-refractivity contribution in [2.24, 2.45) is 5.41 Å². The molecule has 1 unspecified atom stereocenters. The van der Waals surface area contributed by atoms with Crippen molar-refractivity contribution in [2.45, 2.75) is 70.4 Å². The largest absolute Gasteiger partial charge is 0.480 e. The SMILES string of the molecule is CC1(C)CCC(NC2CCCC2)(C(=O)O)C1. The van der Waals surface area contributed by atoms with E-state index in [1.54, 1.807) is 0 Å². The molecule has 2 fully saturated rings. The zero-order valence-electron chi connectivity index (χ0n) is 10.4. The van der Waals surface area contributed by atoms with E-state index < -0.39 is 11.5 Å². The molecule has 1 atom stereocenters. The Bertz CT molecular complexity index is 282. The number of carbonyl (C=O) groups is 1. The Morgan fingerprint density at radius 3 is 2.31 bits per heavy atom. The fourth-order valence-corrected chi connectivity index (χ4v) is 3.37. The minimum absolute atomic E-state index is 0.171. The summed E-state index contributed by atoms with van der Waals surface area (Å²) < 4.78 is 0. The van der Waals surface area contributed by atoms with Gasteiger partial charge in [0.15, 0.2) is 0 Å². The molecule has 0 bridgehead atoms. The molecule has 2 aliphatic carbocycles. The number of rotatable bonds is 3. The van der Waals surface area contributed by atoms with Gasteiger partial charge in [-0.2, -0.15) is 0 Å². The van der Waals surface area contributed by atoms with E-state index in [2.05, 4.69) is 19.2 Å². The summed E-state index contributed by atoms with van der Waals surface area (Å²) in [6.07, 6.45) is 7.36. The Labute approximate surface area is 97.6 Å². The number of hydrogen-bond acceptors (Lipinski definition) is 2. The molecule has 0 aromatic rings. The van der Waals surface area contributed by atoms with Crippen LogP contribution in [0.2, 0.25) is 0 Å². The van der Waals surface area contributed by atoms with E-state index in [-0.39, 0.29) is 5.41 Å². The number of aliphatic carboxylic acids is 1. The van der Waals surface area contributed by atoms with Gasteiger partial charge in [0, 0.05) is 6.04 Å². The highest BCUT2D eigenvalue weighted by atomic mass is 16.4. The van der Waals surface area contributed by atoms with Crippen LogP contribution in [0.25, 0.3) is 0 Å². The lowest BCUT2D eigenvalue weighted by molar-refractivity contribution is -0.145. The van der Waals surface area contributed by atoms with E-state index in [9.17, 15) is 9.90 Å². The van der Waals surface area contributed by atoms with Crippen molar-refractivity contribution in [3.8, 4) is 0 Å². The molecule has 16 heavy (non-hydrogen) atoms. The molecule has 3 heteroatoms. The quantitative estimate of drug-likeness (QED) is 0.776. The molecule has 0 aromatic carbocycles. The Hall–Kier alpha value is -0.570. The van der Waals surface area contributed by atoms with Crippen molar-refractivity contribution in [1.82, 2.24) is 5.32 Å². The van der Waals surface area contributed by atoms with Gasteiger partial charge in [-0.3, -0.25) is 10.1 Å². The summed E-state index contributed by atoms with van der Waals surface area (Å²) in [5.74, 6) is -0.648. The van der Waals surface area contributed by atoms with Crippen LogP contribution >= 0.6 is 0 Å². The van der Waals surface area contributed by atoms with Gasteiger partial charge in [0.1, 0.15) is 5.54 Å². The lowest BCUT2D eigenvalue weighted by Gasteiger charge is -2.31. The van der Waals surface area contributed by atoms with Crippen molar-refractivity contribution >= 4 is 5.97 Å². The van der Waals surface area contributed by atoms with Gasteiger partial charge in [0.05, 0.1) is 0 Å². The molecule has 0 amide bonds. The van der Waals surface area contributed by atoms with Gasteiger partial charge >= 0.3 is 5.97 Å². The number of nitrogens with one attached hydrogen (secondary N) is 1. The van der Waals surface area contributed by atoms with Gasteiger partial charge in [-0.15, -0.1) is 0 Å². The summed E-state index contributed by atoms with van der Waals surface area (Å²) in [6, 6.07) is 0.435. The van der Waals surface area contributed by atoms with E-state index in [0.29, 0.717) is 6.04 Å². The highest BCUT2D eigenvalue weighted by Gasteiger charge is 2.49. The predicted octanol–water partition coefficient (Wildman–Crippen LogP) is 2.55. The average molecular weight is 225 g/mol. The van der Waals surface area contributed by atoms with Crippen molar-refractivity contribution < 1.29 is 9.90 Å². The van der Waals surface area contributed by atoms with Gasteiger partial charge in [0.25, 0.3) is 0 Å². The average Bonchev–Trinajstić information content (AvgIpc) is 2.75. The minimum Gasteiger partial charge on any atom is -0.480 e. The number of hydrogen-bond donors (Lipinski definition) is 2. The van der Waals surface area contributed by atoms with Gasteiger partial charge in [-0.05, 0) is 37.5 Å². The lowest BCUT2D eigenvalue weighted by atomic mass is 9.87. The maximum absolute atomic E-state index is 11.5. The van der Waals surface area contributed by atoms with Crippen LogP contribution in [0.1, 0.15) is 58.8 Å². The first kappa shape index (κ1) is 11.9. The van der Waals surface area contributed by atoms with Crippen LogP contribution in [0, 0.1) is 5.41 Å². The summed E-state index contributed by atoms with van der Waals surface area (Å²) in [5, 5.41) is 12.9. The fraction of sp³-hybridized carbons (Fsp3) is 0.923. The fourth-order valence-electron chi connectivity index (χ4n) is 3.37. The second kappa shape index (κ2) is 4.02. The Morgan fingerprint density at radius 2 is 1.88 bits per heavy atom. The van der Waals surface area contributed by atoms with Crippen molar-refractivity contribution in [3.05, 3.63) is 0 Å². The molecule has 0 aromatic heterocycles. The highest BCUT2D eigenvalue weighted by Crippen LogP contribution is 2.44. The second-order valence-electron chi connectivity index (χ2n) is 6.35. The second-order valence-corrected chi connectivity index (χ2v) is 6.35. The third-order valence-corrected chi connectivity index (χ3v) is 4.25. The van der Waals surface area contributed by atoms with Crippen LogP contribution in [-0.2, 0) is 4.79 Å². The van der Waals surface area contributed by atoms with Gasteiger partial charge in [-0.25, -0.2) is 0 Å². The van der Waals surface area contributed by atoms with Crippen molar-refractivity contribution in [3.63, 3.8) is 0 Å². The zero-order valence-corrected chi connectivity index (χ0v) is 10.4. The predicted molar refractivity (Wildman–Crippen MR) is 63.4 cm³/mol. The molecular formula is C13H23NO2. The maximum atomic E-state index is 11.5. The van der Waals surface area contributed by atoms with E-state index in [4.69, 9.17) is 0 Å². The summed E-state index contributed by atoms with van der Waals surface area (Å²) in [4.78, 5) is 11.5. The molecule has 0 spiro atoms. The lowest BCUT2D eigenvalue weighted by Crippen LogP contribution is -2.54. The monoisotopic (exact) mass is 225 g/mol. The summed E-state index contributed by atoms with van der Waals surface area (Å²) in [6.45, 7) is 4.35. The van der Waals surface area contributed by atoms with Gasteiger partial charge in [0.2, 0.25) is 0 Å². The summed E-state index contributed by atoms with van der Waals surface area (Å²) in [7, 11) is 0. The van der Waals surface area contributed by atoms with Gasteiger partial charge in [-0.1, -0.05) is 26.7 Å². The Kier molecular flexibility index (Phi) is 2.99. The summed E-state index contributed by atoms with van der Waals surface area (Å²) in [5.41, 5.74) is -0.470. The molecule has 92 valence electrons. The molecule has 2 aliphatic rings. The standard InChI is InChI=1S/C13H23NO2/c1-12(2)7-8-13(9-12,11(15)16)14-10-5-3-4-6-10/h10,14H,3-9H2,1-2H3,(H,15,16). The molecule has 0 saturated heterocycles. The topological polar surface area (TPSA) is 49.3 Å². The Morgan fingerprint density at radius 1 is 1.25 bits per heavy atom. The number of carboxylic acids is 1. The smallest absolute Gasteiger partial charge is 0.323 e. The molecule has 0 radical (unpaired) electrons.